The summed E-state index contributed by atoms with van der Waals surface area (Å²) in [6.07, 6.45) is -0.437. The number of nitrogens with one attached hydrogen (secondary N) is 1. The van der Waals surface area contributed by atoms with Gasteiger partial charge >= 0.3 is 5.97 Å². The molecule has 1 rings (SSSR count). The summed E-state index contributed by atoms with van der Waals surface area (Å²) in [4.78, 5) is 21.8. The highest BCUT2D eigenvalue weighted by atomic mass is 79.9. The fourth-order valence-corrected chi connectivity index (χ4v) is 3.64. The summed E-state index contributed by atoms with van der Waals surface area (Å²) in [7, 11) is -4.02. The lowest BCUT2D eigenvalue weighted by Crippen LogP contribution is -2.41. The molecule has 116 valence electrons. The predicted molar refractivity (Wildman–Crippen MR) is 79.1 cm³/mol. The van der Waals surface area contributed by atoms with Gasteiger partial charge in [-0.05, 0) is 31.0 Å². The molecule has 0 aromatic heterocycles. The van der Waals surface area contributed by atoms with Crippen molar-refractivity contribution in [2.45, 2.75) is 30.7 Å². The molecule has 7 nitrogen and oxygen atoms in total. The Balaban J connectivity index is 3.03. The van der Waals surface area contributed by atoms with Crippen molar-refractivity contribution in [2.24, 2.45) is 5.73 Å². The molecule has 0 fully saturated rings. The molecular formula is C12H15BrN2O5S. The Hall–Kier alpha value is -1.45. The monoisotopic (exact) mass is 378 g/mol. The maximum absolute atomic E-state index is 12.3. The van der Waals surface area contributed by atoms with Crippen LogP contribution in [-0.4, -0.2) is 31.4 Å². The van der Waals surface area contributed by atoms with Crippen molar-refractivity contribution in [3.63, 3.8) is 0 Å². The van der Waals surface area contributed by atoms with Crippen molar-refractivity contribution in [1.29, 1.82) is 0 Å². The molecule has 0 aliphatic carbocycles. The van der Waals surface area contributed by atoms with Gasteiger partial charge in [0.05, 0.1) is 4.90 Å². The maximum atomic E-state index is 12.3. The minimum absolute atomic E-state index is 0.0257. The van der Waals surface area contributed by atoms with Gasteiger partial charge in [0, 0.05) is 10.9 Å². The average Bonchev–Trinajstić information content (AvgIpc) is 2.36. The van der Waals surface area contributed by atoms with Crippen LogP contribution in [0.15, 0.2) is 27.6 Å². The quantitative estimate of drug-likeness (QED) is 0.645. The Kier molecular flexibility index (Phi) is 5.87. The molecule has 0 aliphatic heterocycles. The number of primary amides is 1. The van der Waals surface area contributed by atoms with E-state index in [0.717, 1.165) is 0 Å². The molecule has 4 N–H and O–H groups in total. The smallest absolute Gasteiger partial charge is 0.321 e. The highest BCUT2D eigenvalue weighted by molar-refractivity contribution is 9.10. The summed E-state index contributed by atoms with van der Waals surface area (Å²) in [6.45, 7) is 1.60. The average molecular weight is 379 g/mol. The van der Waals surface area contributed by atoms with Gasteiger partial charge in [-0.1, -0.05) is 22.0 Å². The largest absolute Gasteiger partial charge is 0.480 e. The first-order valence-corrected chi connectivity index (χ1v) is 8.20. The number of carboxylic acid groups (broad SMARTS) is 1. The van der Waals surface area contributed by atoms with E-state index >= 15 is 0 Å². The van der Waals surface area contributed by atoms with Gasteiger partial charge in [0.1, 0.15) is 6.04 Å². The second-order valence-electron chi connectivity index (χ2n) is 4.43. The molecule has 9 heteroatoms. The number of halogens is 1. The third-order valence-electron chi connectivity index (χ3n) is 2.71. The second-order valence-corrected chi connectivity index (χ2v) is 7.02. The number of nitrogens with two attached hydrogens (primary N) is 1. The number of carboxylic acids is 1. The van der Waals surface area contributed by atoms with E-state index in [4.69, 9.17) is 10.8 Å². The number of benzene rings is 1. The van der Waals surface area contributed by atoms with E-state index in [-0.39, 0.29) is 17.7 Å². The normalized spacial score (nSPS) is 12.9. The maximum Gasteiger partial charge on any atom is 0.321 e. The molecule has 0 bridgehead atoms. The topological polar surface area (TPSA) is 127 Å². The van der Waals surface area contributed by atoms with Crippen LogP contribution in [0, 0.1) is 6.92 Å². The van der Waals surface area contributed by atoms with Crippen LogP contribution in [0.25, 0.3) is 0 Å². The zero-order chi connectivity index (χ0) is 16.2. The van der Waals surface area contributed by atoms with E-state index in [0.29, 0.717) is 10.0 Å². The number of hydrogen-bond acceptors (Lipinski definition) is 4. The molecule has 0 spiro atoms. The van der Waals surface area contributed by atoms with Crippen LogP contribution in [0.3, 0.4) is 0 Å². The predicted octanol–water partition coefficient (Wildman–Crippen LogP) is 0.755. The molecule has 0 heterocycles. The Morgan fingerprint density at radius 2 is 2.05 bits per heavy atom. The van der Waals surface area contributed by atoms with Gasteiger partial charge in [0.25, 0.3) is 0 Å². The van der Waals surface area contributed by atoms with E-state index in [2.05, 4.69) is 20.7 Å². The summed E-state index contributed by atoms with van der Waals surface area (Å²) >= 11 is 3.16. The van der Waals surface area contributed by atoms with Crippen molar-refractivity contribution in [2.75, 3.05) is 0 Å². The second kappa shape index (κ2) is 7.01. The lowest BCUT2D eigenvalue weighted by atomic mass is 10.2. The van der Waals surface area contributed by atoms with Crippen molar-refractivity contribution in [3.8, 4) is 0 Å². The summed E-state index contributed by atoms with van der Waals surface area (Å²) in [6, 6.07) is 3.24. The first-order valence-electron chi connectivity index (χ1n) is 5.93. The van der Waals surface area contributed by atoms with Crippen molar-refractivity contribution >= 4 is 37.8 Å². The van der Waals surface area contributed by atoms with E-state index in [1.807, 2.05) is 0 Å². The van der Waals surface area contributed by atoms with Gasteiger partial charge in [0.15, 0.2) is 0 Å². The fraction of sp³-hybridized carbons (Fsp3) is 0.333. The highest BCUT2D eigenvalue weighted by Crippen LogP contribution is 2.21. The van der Waals surface area contributed by atoms with Crippen LogP contribution in [0.2, 0.25) is 0 Å². The van der Waals surface area contributed by atoms with Crippen molar-refractivity contribution < 1.29 is 23.1 Å². The van der Waals surface area contributed by atoms with Crippen LogP contribution in [0.5, 0.6) is 0 Å². The van der Waals surface area contributed by atoms with Crippen LogP contribution in [0.1, 0.15) is 18.4 Å². The zero-order valence-electron chi connectivity index (χ0n) is 11.2. The van der Waals surface area contributed by atoms with Crippen LogP contribution in [-0.2, 0) is 19.6 Å². The Labute approximate surface area is 130 Å². The van der Waals surface area contributed by atoms with E-state index in [1.165, 1.54) is 6.07 Å². The van der Waals surface area contributed by atoms with Crippen molar-refractivity contribution in [1.82, 2.24) is 4.72 Å². The van der Waals surface area contributed by atoms with E-state index in [1.54, 1.807) is 19.1 Å². The lowest BCUT2D eigenvalue weighted by Gasteiger charge is -2.15. The number of hydrogen-bond donors (Lipinski definition) is 3. The summed E-state index contributed by atoms with van der Waals surface area (Å²) in [5.41, 5.74) is 5.42. The third kappa shape index (κ3) is 5.10. The van der Waals surface area contributed by atoms with E-state index < -0.39 is 27.9 Å². The molecule has 0 saturated heterocycles. The SMILES string of the molecule is Cc1ccc(Br)cc1S(=O)(=O)N[C@@H](CCC(N)=O)C(=O)O. The number of carbonyl (C=O) groups is 2. The fourth-order valence-electron chi connectivity index (χ4n) is 1.63. The van der Waals surface area contributed by atoms with Gasteiger partial charge in [-0.2, -0.15) is 4.72 Å². The number of aryl methyl sites for hydroxylation is 1. The molecule has 0 radical (unpaired) electrons. The molecular weight excluding hydrogens is 364 g/mol. The Bertz CT molecular complexity index is 660. The number of rotatable bonds is 7. The van der Waals surface area contributed by atoms with Gasteiger partial charge in [-0.25, -0.2) is 8.42 Å². The van der Waals surface area contributed by atoms with Crippen LogP contribution < -0.4 is 10.5 Å². The van der Waals surface area contributed by atoms with Gasteiger partial charge in [0.2, 0.25) is 15.9 Å². The number of amides is 1. The first kappa shape index (κ1) is 17.6. The molecule has 1 aromatic carbocycles. The molecule has 21 heavy (non-hydrogen) atoms. The molecule has 0 aliphatic rings. The summed E-state index contributed by atoms with van der Waals surface area (Å²) in [5.74, 6) is -2.06. The minimum atomic E-state index is -4.02. The third-order valence-corrected chi connectivity index (χ3v) is 4.82. The number of carbonyl (C=O) groups excluding carboxylic acids is 1. The molecule has 1 aromatic rings. The summed E-state index contributed by atoms with van der Waals surface area (Å²) < 4.78 is 27.1. The van der Waals surface area contributed by atoms with Gasteiger partial charge in [-0.3, -0.25) is 9.59 Å². The van der Waals surface area contributed by atoms with Crippen molar-refractivity contribution in [3.05, 3.63) is 28.2 Å². The lowest BCUT2D eigenvalue weighted by molar-refractivity contribution is -0.139. The van der Waals surface area contributed by atoms with E-state index in [9.17, 15) is 18.0 Å². The summed E-state index contributed by atoms with van der Waals surface area (Å²) in [5, 5.41) is 9.03. The van der Waals surface area contributed by atoms with Crippen LogP contribution in [0.4, 0.5) is 0 Å². The van der Waals surface area contributed by atoms with Crippen LogP contribution >= 0.6 is 15.9 Å². The highest BCUT2D eigenvalue weighted by Gasteiger charge is 2.26. The Morgan fingerprint density at radius 1 is 1.43 bits per heavy atom. The number of aliphatic carboxylic acids is 1. The molecule has 0 saturated carbocycles. The first-order chi connectivity index (χ1) is 9.63. The minimum Gasteiger partial charge on any atom is -0.480 e. The van der Waals surface area contributed by atoms with Gasteiger partial charge in [-0.15, -0.1) is 0 Å². The Morgan fingerprint density at radius 3 is 2.57 bits per heavy atom. The van der Waals surface area contributed by atoms with Gasteiger partial charge < -0.3 is 10.8 Å². The molecule has 1 amide bonds. The standard InChI is InChI=1S/C12H15BrN2O5S/c1-7-2-3-8(13)6-10(7)21(19,20)15-9(12(17)18)4-5-11(14)16/h2-3,6,9,15H,4-5H2,1H3,(H2,14,16)(H,17,18)/t9-/m0/s1. The molecule has 0 unspecified atom stereocenters. The molecule has 1 atom stereocenters. The number of sulfonamides is 1. The zero-order valence-corrected chi connectivity index (χ0v) is 13.6.